The molecule has 0 spiro atoms. The number of hydrogen-bond acceptors (Lipinski definition) is 3. The SMILES string of the molecule is CC[C@H](C)Nc1ccc(N)cc1C(=O)NC. The standard InChI is InChI=1S/C12H19N3O/c1-4-8(2)15-11-6-5-9(13)7-10(11)12(16)14-3/h5-8,15H,4,13H2,1-3H3,(H,14,16)/t8-/m0/s1. The van der Waals surface area contributed by atoms with Crippen LogP contribution in [0.15, 0.2) is 18.2 Å². The largest absolute Gasteiger partial charge is 0.399 e. The molecule has 1 amide bonds. The summed E-state index contributed by atoms with van der Waals surface area (Å²) in [6.45, 7) is 4.17. The fourth-order valence-electron chi connectivity index (χ4n) is 1.38. The third-order valence-electron chi connectivity index (χ3n) is 2.53. The Kier molecular flexibility index (Phi) is 4.17. The number of benzene rings is 1. The first-order valence-corrected chi connectivity index (χ1v) is 5.46. The highest BCUT2D eigenvalue weighted by Gasteiger charge is 2.11. The molecule has 1 aromatic rings. The molecule has 0 saturated carbocycles. The first-order valence-electron chi connectivity index (χ1n) is 5.46. The van der Waals surface area contributed by atoms with Crippen molar-refractivity contribution in [2.24, 2.45) is 0 Å². The second-order valence-corrected chi connectivity index (χ2v) is 3.84. The molecule has 0 bridgehead atoms. The molecular formula is C12H19N3O. The van der Waals surface area contributed by atoms with Crippen LogP contribution in [0.2, 0.25) is 0 Å². The van der Waals surface area contributed by atoms with Crippen molar-refractivity contribution in [2.45, 2.75) is 26.3 Å². The first-order chi connectivity index (χ1) is 7.58. The zero-order valence-corrected chi connectivity index (χ0v) is 10.0. The van der Waals surface area contributed by atoms with Gasteiger partial charge in [0.25, 0.3) is 5.91 Å². The van der Waals surface area contributed by atoms with Crippen molar-refractivity contribution < 1.29 is 4.79 Å². The van der Waals surface area contributed by atoms with Crippen molar-refractivity contribution >= 4 is 17.3 Å². The number of nitrogens with one attached hydrogen (secondary N) is 2. The molecule has 0 aliphatic carbocycles. The number of carbonyl (C=O) groups excluding carboxylic acids is 1. The van der Waals surface area contributed by atoms with Crippen LogP contribution in [-0.4, -0.2) is 19.0 Å². The summed E-state index contributed by atoms with van der Waals surface area (Å²) in [6, 6.07) is 5.64. The molecule has 0 fully saturated rings. The van der Waals surface area contributed by atoms with E-state index in [1.807, 2.05) is 6.07 Å². The summed E-state index contributed by atoms with van der Waals surface area (Å²) in [5, 5.41) is 5.89. The average molecular weight is 221 g/mol. The predicted molar refractivity (Wildman–Crippen MR) is 67.6 cm³/mol. The Labute approximate surface area is 96.2 Å². The van der Waals surface area contributed by atoms with Gasteiger partial charge in [0, 0.05) is 24.5 Å². The quantitative estimate of drug-likeness (QED) is 0.680. The van der Waals surface area contributed by atoms with Gasteiger partial charge in [-0.15, -0.1) is 0 Å². The summed E-state index contributed by atoms with van der Waals surface area (Å²) >= 11 is 0. The lowest BCUT2D eigenvalue weighted by Gasteiger charge is -2.16. The molecule has 0 aromatic heterocycles. The number of amides is 1. The topological polar surface area (TPSA) is 67.1 Å². The summed E-state index contributed by atoms with van der Waals surface area (Å²) in [7, 11) is 1.61. The third kappa shape index (κ3) is 2.89. The summed E-state index contributed by atoms with van der Waals surface area (Å²) in [5.41, 5.74) is 7.67. The number of hydrogen-bond donors (Lipinski definition) is 3. The van der Waals surface area contributed by atoms with Crippen molar-refractivity contribution in [1.29, 1.82) is 0 Å². The predicted octanol–water partition coefficient (Wildman–Crippen LogP) is 1.84. The van der Waals surface area contributed by atoms with Gasteiger partial charge in [-0.25, -0.2) is 0 Å². The zero-order chi connectivity index (χ0) is 12.1. The Morgan fingerprint density at radius 2 is 2.19 bits per heavy atom. The van der Waals surface area contributed by atoms with Crippen molar-refractivity contribution in [1.82, 2.24) is 5.32 Å². The summed E-state index contributed by atoms with van der Waals surface area (Å²) in [6.07, 6.45) is 0.998. The third-order valence-corrected chi connectivity index (χ3v) is 2.53. The monoisotopic (exact) mass is 221 g/mol. The van der Waals surface area contributed by atoms with Gasteiger partial charge in [0.15, 0.2) is 0 Å². The maximum absolute atomic E-state index is 11.6. The second-order valence-electron chi connectivity index (χ2n) is 3.84. The highest BCUT2D eigenvalue weighted by Crippen LogP contribution is 2.20. The van der Waals surface area contributed by atoms with Crippen LogP contribution in [0.3, 0.4) is 0 Å². The van der Waals surface area contributed by atoms with Gasteiger partial charge in [0.1, 0.15) is 0 Å². The maximum atomic E-state index is 11.6. The molecule has 4 nitrogen and oxygen atoms in total. The van der Waals surface area contributed by atoms with E-state index in [9.17, 15) is 4.79 Å². The molecule has 4 heteroatoms. The van der Waals surface area contributed by atoms with Gasteiger partial charge in [-0.3, -0.25) is 4.79 Å². The molecule has 16 heavy (non-hydrogen) atoms. The molecule has 1 rings (SSSR count). The number of nitrogens with two attached hydrogens (primary N) is 1. The van der Waals surface area contributed by atoms with Gasteiger partial charge in [0.05, 0.1) is 5.56 Å². The Hall–Kier alpha value is -1.71. The molecule has 0 saturated heterocycles. The molecule has 88 valence electrons. The van der Waals surface area contributed by atoms with Gasteiger partial charge in [-0.1, -0.05) is 6.92 Å². The number of carbonyl (C=O) groups is 1. The van der Waals surface area contributed by atoms with Crippen LogP contribution in [-0.2, 0) is 0 Å². The van der Waals surface area contributed by atoms with E-state index in [0.29, 0.717) is 17.3 Å². The minimum Gasteiger partial charge on any atom is -0.399 e. The molecule has 0 aliphatic rings. The van der Waals surface area contributed by atoms with Gasteiger partial charge < -0.3 is 16.4 Å². The first kappa shape index (κ1) is 12.4. The van der Waals surface area contributed by atoms with Crippen molar-refractivity contribution in [3.05, 3.63) is 23.8 Å². The highest BCUT2D eigenvalue weighted by molar-refractivity contribution is 6.00. The van der Waals surface area contributed by atoms with E-state index in [2.05, 4.69) is 24.5 Å². The lowest BCUT2D eigenvalue weighted by atomic mass is 10.1. The molecule has 0 unspecified atom stereocenters. The van der Waals surface area contributed by atoms with Crippen molar-refractivity contribution in [3.63, 3.8) is 0 Å². The lowest BCUT2D eigenvalue weighted by molar-refractivity contribution is 0.0964. The average Bonchev–Trinajstić information content (AvgIpc) is 2.30. The number of nitrogen functional groups attached to an aromatic ring is 1. The van der Waals surface area contributed by atoms with E-state index in [4.69, 9.17) is 5.73 Å². The van der Waals surface area contributed by atoms with Gasteiger partial charge in [-0.05, 0) is 31.5 Å². The van der Waals surface area contributed by atoms with E-state index in [1.165, 1.54) is 0 Å². The second kappa shape index (κ2) is 5.39. The van der Waals surface area contributed by atoms with E-state index >= 15 is 0 Å². The lowest BCUT2D eigenvalue weighted by Crippen LogP contribution is -2.22. The Morgan fingerprint density at radius 3 is 2.75 bits per heavy atom. The fourth-order valence-corrected chi connectivity index (χ4v) is 1.38. The van der Waals surface area contributed by atoms with Crippen LogP contribution in [0, 0.1) is 0 Å². The van der Waals surface area contributed by atoms with Crippen LogP contribution in [0.25, 0.3) is 0 Å². The van der Waals surface area contributed by atoms with Crippen molar-refractivity contribution in [3.8, 4) is 0 Å². The van der Waals surface area contributed by atoms with E-state index in [-0.39, 0.29) is 5.91 Å². The maximum Gasteiger partial charge on any atom is 0.253 e. The van der Waals surface area contributed by atoms with Gasteiger partial charge >= 0.3 is 0 Å². The van der Waals surface area contributed by atoms with Gasteiger partial charge in [0.2, 0.25) is 0 Å². The Balaban J connectivity index is 3.02. The van der Waals surface area contributed by atoms with E-state index < -0.39 is 0 Å². The molecule has 1 aromatic carbocycles. The van der Waals surface area contributed by atoms with Crippen LogP contribution in [0.4, 0.5) is 11.4 Å². The molecule has 0 heterocycles. The summed E-state index contributed by atoms with van der Waals surface area (Å²) in [4.78, 5) is 11.6. The number of rotatable bonds is 4. The Bertz CT molecular complexity index is 377. The molecule has 0 radical (unpaired) electrons. The van der Waals surface area contributed by atoms with Crippen LogP contribution in [0.5, 0.6) is 0 Å². The number of anilines is 2. The molecule has 4 N–H and O–H groups in total. The minimum absolute atomic E-state index is 0.127. The van der Waals surface area contributed by atoms with Gasteiger partial charge in [-0.2, -0.15) is 0 Å². The van der Waals surface area contributed by atoms with E-state index in [0.717, 1.165) is 12.1 Å². The molecule has 0 aliphatic heterocycles. The van der Waals surface area contributed by atoms with Crippen LogP contribution >= 0.6 is 0 Å². The fraction of sp³-hybridized carbons (Fsp3) is 0.417. The minimum atomic E-state index is -0.127. The van der Waals surface area contributed by atoms with E-state index in [1.54, 1.807) is 19.2 Å². The van der Waals surface area contributed by atoms with Crippen LogP contribution in [0.1, 0.15) is 30.6 Å². The highest BCUT2D eigenvalue weighted by atomic mass is 16.1. The zero-order valence-electron chi connectivity index (χ0n) is 10.0. The Morgan fingerprint density at radius 1 is 1.50 bits per heavy atom. The molecule has 1 atom stereocenters. The summed E-state index contributed by atoms with van der Waals surface area (Å²) < 4.78 is 0. The molecular weight excluding hydrogens is 202 g/mol. The normalized spacial score (nSPS) is 11.9. The van der Waals surface area contributed by atoms with Crippen molar-refractivity contribution in [2.75, 3.05) is 18.1 Å². The smallest absolute Gasteiger partial charge is 0.253 e. The summed E-state index contributed by atoms with van der Waals surface area (Å²) in [5.74, 6) is -0.127. The van der Waals surface area contributed by atoms with Crippen LogP contribution < -0.4 is 16.4 Å².